The molecule has 0 spiro atoms. The Balaban J connectivity index is 1.26. The first kappa shape index (κ1) is 22.1. The Morgan fingerprint density at radius 3 is 2.44 bits per heavy atom. The van der Waals surface area contributed by atoms with Gasteiger partial charge in [-0.3, -0.25) is 9.59 Å². The number of aryl methyl sites for hydroxylation is 1. The van der Waals surface area contributed by atoms with Gasteiger partial charge in [-0.15, -0.1) is 0 Å². The van der Waals surface area contributed by atoms with Crippen LogP contribution in [0.3, 0.4) is 0 Å². The highest BCUT2D eigenvalue weighted by Crippen LogP contribution is 2.25. The molecule has 1 aliphatic heterocycles. The van der Waals surface area contributed by atoms with Crippen LogP contribution < -0.4 is 15.2 Å². The second-order valence-corrected chi connectivity index (χ2v) is 9.26. The lowest BCUT2D eigenvalue weighted by atomic mass is 10.2. The van der Waals surface area contributed by atoms with E-state index < -0.39 is 6.10 Å². The Labute approximate surface area is 201 Å². The number of carbonyl (C=O) groups is 1. The molecule has 1 amide bonds. The molecule has 5 rings (SSSR count). The molecule has 0 bridgehead atoms. The molecule has 3 heterocycles. The minimum Gasteiger partial charge on any atom is -0.481 e. The van der Waals surface area contributed by atoms with E-state index in [1.54, 1.807) is 11.8 Å². The Morgan fingerprint density at radius 2 is 1.74 bits per heavy atom. The molecule has 0 N–H and O–H groups in total. The standard InChI is InChI=1S/C25H25N5O3S/c1-17-8-10-20(11-9-17)33-18(2)24(32)29-14-12-28(13-15-29)21-16-22(31)30-25(26-21)34-23(27-30)19-6-4-3-5-7-19/h3-11,16,18H,12-15H2,1-2H3/t18-/m0/s1. The topological polar surface area (TPSA) is 80.0 Å². The maximum atomic E-state index is 12.9. The minimum absolute atomic E-state index is 0.0429. The number of piperazine rings is 1. The van der Waals surface area contributed by atoms with Crippen LogP contribution in [-0.2, 0) is 4.79 Å². The van der Waals surface area contributed by atoms with Gasteiger partial charge in [0.05, 0.1) is 0 Å². The Bertz CT molecular complexity index is 1360. The Hall–Kier alpha value is -3.72. The van der Waals surface area contributed by atoms with E-state index in [0.29, 0.717) is 42.7 Å². The quantitative estimate of drug-likeness (QED) is 0.441. The number of aromatic nitrogens is 3. The van der Waals surface area contributed by atoms with E-state index in [1.165, 1.54) is 21.9 Å². The average Bonchev–Trinajstić information content (AvgIpc) is 3.31. The van der Waals surface area contributed by atoms with Gasteiger partial charge in [0.25, 0.3) is 11.5 Å². The van der Waals surface area contributed by atoms with Crippen LogP contribution in [0.5, 0.6) is 5.75 Å². The molecule has 1 saturated heterocycles. The zero-order valence-electron chi connectivity index (χ0n) is 19.0. The number of nitrogens with zero attached hydrogens (tertiary/aromatic N) is 5. The van der Waals surface area contributed by atoms with E-state index >= 15 is 0 Å². The Kier molecular flexibility index (Phi) is 6.02. The minimum atomic E-state index is -0.568. The van der Waals surface area contributed by atoms with Crippen LogP contribution in [0.2, 0.25) is 0 Å². The van der Waals surface area contributed by atoms with Crippen LogP contribution >= 0.6 is 11.3 Å². The van der Waals surface area contributed by atoms with E-state index in [9.17, 15) is 9.59 Å². The first-order valence-corrected chi connectivity index (χ1v) is 12.0. The van der Waals surface area contributed by atoms with Crippen molar-refractivity contribution in [2.24, 2.45) is 0 Å². The fourth-order valence-corrected chi connectivity index (χ4v) is 4.85. The first-order chi connectivity index (χ1) is 16.5. The smallest absolute Gasteiger partial charge is 0.277 e. The summed E-state index contributed by atoms with van der Waals surface area (Å²) >= 11 is 1.39. The summed E-state index contributed by atoms with van der Waals surface area (Å²) in [6, 6.07) is 18.9. The number of ether oxygens (including phenoxy) is 1. The van der Waals surface area contributed by atoms with Crippen LogP contribution in [0.15, 0.2) is 65.5 Å². The summed E-state index contributed by atoms with van der Waals surface area (Å²) in [7, 11) is 0. The van der Waals surface area contributed by atoms with Crippen molar-refractivity contribution in [3.8, 4) is 16.3 Å². The van der Waals surface area contributed by atoms with Crippen molar-refractivity contribution in [2.75, 3.05) is 31.1 Å². The monoisotopic (exact) mass is 475 g/mol. The molecule has 1 fully saturated rings. The van der Waals surface area contributed by atoms with Gasteiger partial charge >= 0.3 is 0 Å². The highest BCUT2D eigenvalue weighted by Gasteiger charge is 2.27. The third kappa shape index (κ3) is 4.51. The van der Waals surface area contributed by atoms with E-state index in [1.807, 2.05) is 66.4 Å². The van der Waals surface area contributed by atoms with Crippen molar-refractivity contribution in [1.82, 2.24) is 19.5 Å². The second kappa shape index (κ2) is 9.26. The summed E-state index contributed by atoms with van der Waals surface area (Å²) in [6.07, 6.45) is -0.568. The fraction of sp³-hybridized carbons (Fsp3) is 0.280. The number of anilines is 1. The molecule has 34 heavy (non-hydrogen) atoms. The predicted octanol–water partition coefficient (Wildman–Crippen LogP) is 3.24. The van der Waals surface area contributed by atoms with Gasteiger partial charge in [0.15, 0.2) is 6.10 Å². The number of hydrogen-bond acceptors (Lipinski definition) is 7. The second-order valence-electron chi connectivity index (χ2n) is 8.31. The number of hydrogen-bond donors (Lipinski definition) is 0. The predicted molar refractivity (Wildman–Crippen MR) is 133 cm³/mol. The van der Waals surface area contributed by atoms with E-state index in [0.717, 1.165) is 16.1 Å². The van der Waals surface area contributed by atoms with Crippen molar-refractivity contribution in [3.63, 3.8) is 0 Å². The Morgan fingerprint density at radius 1 is 1.03 bits per heavy atom. The third-order valence-electron chi connectivity index (χ3n) is 5.85. The zero-order valence-corrected chi connectivity index (χ0v) is 19.9. The molecule has 1 aliphatic rings. The summed E-state index contributed by atoms with van der Waals surface area (Å²) in [6.45, 7) is 6.06. The first-order valence-electron chi connectivity index (χ1n) is 11.2. The number of fused-ring (bicyclic) bond motifs is 1. The summed E-state index contributed by atoms with van der Waals surface area (Å²) < 4.78 is 7.18. The van der Waals surface area contributed by atoms with Crippen molar-refractivity contribution in [2.45, 2.75) is 20.0 Å². The van der Waals surface area contributed by atoms with Crippen molar-refractivity contribution in [3.05, 3.63) is 76.6 Å². The lowest BCUT2D eigenvalue weighted by molar-refractivity contribution is -0.138. The zero-order chi connectivity index (χ0) is 23.7. The average molecular weight is 476 g/mol. The molecule has 1 atom stereocenters. The number of amides is 1. The van der Waals surface area contributed by atoms with E-state index in [2.05, 4.69) is 5.10 Å². The molecule has 2 aromatic heterocycles. The van der Waals surface area contributed by atoms with Gasteiger partial charge in [-0.05, 0) is 26.0 Å². The molecule has 0 saturated carbocycles. The largest absolute Gasteiger partial charge is 0.481 e. The van der Waals surface area contributed by atoms with Gasteiger partial charge in [-0.2, -0.15) is 9.61 Å². The maximum absolute atomic E-state index is 12.9. The molecule has 0 unspecified atom stereocenters. The normalized spacial score (nSPS) is 14.9. The van der Waals surface area contributed by atoms with Crippen molar-refractivity contribution >= 4 is 28.0 Å². The van der Waals surface area contributed by atoms with E-state index in [-0.39, 0.29) is 11.5 Å². The van der Waals surface area contributed by atoms with Crippen LogP contribution in [0, 0.1) is 6.92 Å². The van der Waals surface area contributed by atoms with Gasteiger partial charge in [0, 0.05) is 37.8 Å². The van der Waals surface area contributed by atoms with Crippen LogP contribution in [0.4, 0.5) is 5.82 Å². The fourth-order valence-electron chi connectivity index (χ4n) is 3.94. The number of benzene rings is 2. The van der Waals surface area contributed by atoms with Crippen molar-refractivity contribution in [1.29, 1.82) is 0 Å². The molecule has 0 aliphatic carbocycles. The number of carbonyl (C=O) groups excluding carboxylic acids is 1. The summed E-state index contributed by atoms with van der Waals surface area (Å²) in [5.41, 5.74) is 1.88. The van der Waals surface area contributed by atoms with Crippen LogP contribution in [0.1, 0.15) is 12.5 Å². The van der Waals surface area contributed by atoms with Crippen molar-refractivity contribution < 1.29 is 9.53 Å². The molecular weight excluding hydrogens is 450 g/mol. The molecule has 0 radical (unpaired) electrons. The molecule has 8 nitrogen and oxygen atoms in total. The van der Waals surface area contributed by atoms with Crippen LogP contribution in [0.25, 0.3) is 15.5 Å². The van der Waals surface area contributed by atoms with E-state index in [4.69, 9.17) is 9.72 Å². The highest BCUT2D eigenvalue weighted by atomic mass is 32.1. The van der Waals surface area contributed by atoms with Gasteiger partial charge in [0.1, 0.15) is 16.6 Å². The van der Waals surface area contributed by atoms with Crippen LogP contribution in [-0.4, -0.2) is 57.7 Å². The summed E-state index contributed by atoms with van der Waals surface area (Å²) in [5, 5.41) is 5.19. The summed E-state index contributed by atoms with van der Waals surface area (Å²) in [5.74, 6) is 1.26. The molecule has 4 aromatic rings. The SMILES string of the molecule is Cc1ccc(O[C@@H](C)C(=O)N2CCN(c3cc(=O)n4nc(-c5ccccc5)sc4n3)CC2)cc1. The van der Waals surface area contributed by atoms with Gasteiger partial charge in [-0.1, -0.05) is 59.4 Å². The lowest BCUT2D eigenvalue weighted by Gasteiger charge is -2.36. The lowest BCUT2D eigenvalue weighted by Crippen LogP contribution is -2.52. The van der Waals surface area contributed by atoms with Gasteiger partial charge in [0.2, 0.25) is 4.96 Å². The highest BCUT2D eigenvalue weighted by molar-refractivity contribution is 7.19. The summed E-state index contributed by atoms with van der Waals surface area (Å²) in [4.78, 5) is 34.7. The maximum Gasteiger partial charge on any atom is 0.277 e. The third-order valence-corrected chi connectivity index (χ3v) is 6.81. The van der Waals surface area contributed by atoms with Gasteiger partial charge < -0.3 is 14.5 Å². The molecule has 2 aromatic carbocycles. The van der Waals surface area contributed by atoms with Gasteiger partial charge in [-0.25, -0.2) is 4.98 Å². The molecular formula is C25H25N5O3S. The number of rotatable bonds is 5. The molecule has 9 heteroatoms. The molecule has 174 valence electrons.